The lowest BCUT2D eigenvalue weighted by molar-refractivity contribution is 0.102. The van der Waals surface area contributed by atoms with Crippen LogP contribution in [0.4, 0.5) is 5.69 Å². The summed E-state index contributed by atoms with van der Waals surface area (Å²) in [5.41, 5.74) is 6.90. The van der Waals surface area contributed by atoms with Gasteiger partial charge in [0.1, 0.15) is 10.7 Å². The molecule has 84 valence electrons. The van der Waals surface area contributed by atoms with E-state index in [0.717, 1.165) is 10.7 Å². The first kappa shape index (κ1) is 11.3. The van der Waals surface area contributed by atoms with Crippen LogP contribution in [0.3, 0.4) is 0 Å². The highest BCUT2D eigenvalue weighted by molar-refractivity contribution is 7.10. The van der Waals surface area contributed by atoms with Crippen molar-refractivity contribution >= 4 is 34.3 Å². The van der Waals surface area contributed by atoms with Gasteiger partial charge in [0.25, 0.3) is 5.91 Å². The smallest absolute Gasteiger partial charge is 0.275 e. The van der Waals surface area contributed by atoms with Crippen molar-refractivity contribution in [3.8, 4) is 0 Å². The quantitative estimate of drug-likeness (QED) is 0.883. The Morgan fingerprint density at radius 2 is 2.38 bits per heavy atom. The number of rotatable bonds is 3. The predicted molar refractivity (Wildman–Crippen MR) is 67.0 cm³/mol. The summed E-state index contributed by atoms with van der Waals surface area (Å²) in [6, 6.07) is 1.72. The topological polar surface area (TPSA) is 68.0 Å². The van der Waals surface area contributed by atoms with E-state index in [1.54, 1.807) is 5.38 Å². The van der Waals surface area contributed by atoms with Gasteiger partial charge < -0.3 is 11.1 Å². The van der Waals surface area contributed by atoms with Crippen LogP contribution in [-0.2, 0) is 0 Å². The van der Waals surface area contributed by atoms with Crippen molar-refractivity contribution < 1.29 is 4.79 Å². The largest absolute Gasteiger partial charge is 0.322 e. The van der Waals surface area contributed by atoms with Crippen LogP contribution in [0.5, 0.6) is 0 Å². The SMILES string of the molecule is CC(N)c1nc(C(=O)Nc2ccsc2)cs1. The van der Waals surface area contributed by atoms with Crippen molar-refractivity contribution in [3.63, 3.8) is 0 Å². The Hall–Kier alpha value is -1.24. The van der Waals surface area contributed by atoms with E-state index in [4.69, 9.17) is 5.73 Å². The summed E-state index contributed by atoms with van der Waals surface area (Å²) in [5.74, 6) is -0.193. The highest BCUT2D eigenvalue weighted by Crippen LogP contribution is 2.18. The van der Waals surface area contributed by atoms with Crippen LogP contribution in [0.15, 0.2) is 22.2 Å². The Balaban J connectivity index is 2.09. The standard InChI is InChI=1S/C10H11N3OS2/c1-6(11)10-13-8(5-16-10)9(14)12-7-2-3-15-4-7/h2-6H,11H2,1H3,(H,12,14). The molecule has 2 aromatic rings. The molecule has 0 aliphatic rings. The lowest BCUT2D eigenvalue weighted by Gasteiger charge is -1.99. The first-order valence-electron chi connectivity index (χ1n) is 4.71. The summed E-state index contributed by atoms with van der Waals surface area (Å²) in [4.78, 5) is 15.9. The van der Waals surface area contributed by atoms with E-state index >= 15 is 0 Å². The van der Waals surface area contributed by atoms with Gasteiger partial charge >= 0.3 is 0 Å². The lowest BCUT2D eigenvalue weighted by Crippen LogP contribution is -2.12. The molecule has 0 saturated carbocycles. The van der Waals surface area contributed by atoms with Crippen LogP contribution in [0.25, 0.3) is 0 Å². The summed E-state index contributed by atoms with van der Waals surface area (Å²) in [6.07, 6.45) is 0. The van der Waals surface area contributed by atoms with Gasteiger partial charge in [0.15, 0.2) is 0 Å². The van der Waals surface area contributed by atoms with E-state index in [1.165, 1.54) is 22.7 Å². The van der Waals surface area contributed by atoms with Crippen molar-refractivity contribution in [2.24, 2.45) is 5.73 Å². The number of hydrogen-bond donors (Lipinski definition) is 2. The maximum atomic E-state index is 11.7. The summed E-state index contributed by atoms with van der Waals surface area (Å²) in [7, 11) is 0. The third-order valence-corrected chi connectivity index (χ3v) is 3.65. The number of aromatic nitrogens is 1. The molecule has 0 radical (unpaired) electrons. The molecular weight excluding hydrogens is 242 g/mol. The second-order valence-electron chi connectivity index (χ2n) is 3.33. The van der Waals surface area contributed by atoms with Crippen LogP contribution in [0, 0.1) is 0 Å². The van der Waals surface area contributed by atoms with Crippen molar-refractivity contribution in [1.29, 1.82) is 0 Å². The number of hydrogen-bond acceptors (Lipinski definition) is 5. The molecule has 1 atom stereocenters. The Morgan fingerprint density at radius 1 is 1.56 bits per heavy atom. The van der Waals surface area contributed by atoms with E-state index in [0.29, 0.717) is 5.69 Å². The molecule has 0 aliphatic carbocycles. The fourth-order valence-electron chi connectivity index (χ4n) is 1.13. The van der Waals surface area contributed by atoms with Gasteiger partial charge in [-0.2, -0.15) is 11.3 Å². The van der Waals surface area contributed by atoms with Gasteiger partial charge in [0, 0.05) is 10.8 Å². The second-order valence-corrected chi connectivity index (χ2v) is 5.00. The normalized spacial score (nSPS) is 12.4. The van der Waals surface area contributed by atoms with Crippen LogP contribution in [0.2, 0.25) is 0 Å². The number of nitrogens with two attached hydrogens (primary N) is 1. The molecule has 0 bridgehead atoms. The molecule has 1 amide bonds. The average Bonchev–Trinajstić information content (AvgIpc) is 2.86. The molecule has 0 aliphatic heterocycles. The van der Waals surface area contributed by atoms with Gasteiger partial charge in [-0.05, 0) is 18.4 Å². The molecule has 0 fully saturated rings. The molecular formula is C10H11N3OS2. The zero-order valence-corrected chi connectivity index (χ0v) is 10.3. The van der Waals surface area contributed by atoms with Crippen molar-refractivity contribution in [3.05, 3.63) is 32.9 Å². The number of thiophene rings is 1. The Labute approximate surface area is 101 Å². The zero-order valence-electron chi connectivity index (χ0n) is 8.64. The molecule has 0 saturated heterocycles. The van der Waals surface area contributed by atoms with E-state index in [2.05, 4.69) is 10.3 Å². The van der Waals surface area contributed by atoms with Gasteiger partial charge in [-0.1, -0.05) is 0 Å². The first-order chi connectivity index (χ1) is 7.66. The molecule has 0 aromatic carbocycles. The minimum Gasteiger partial charge on any atom is -0.322 e. The van der Waals surface area contributed by atoms with Crippen molar-refractivity contribution in [2.75, 3.05) is 5.32 Å². The Bertz CT molecular complexity index is 476. The number of thiazole rings is 1. The molecule has 4 nitrogen and oxygen atoms in total. The third kappa shape index (κ3) is 2.46. The molecule has 16 heavy (non-hydrogen) atoms. The van der Waals surface area contributed by atoms with E-state index < -0.39 is 0 Å². The number of nitrogens with zero attached hydrogens (tertiary/aromatic N) is 1. The number of carbonyl (C=O) groups excluding carboxylic acids is 1. The van der Waals surface area contributed by atoms with Crippen LogP contribution in [0.1, 0.15) is 28.5 Å². The molecule has 2 heterocycles. The van der Waals surface area contributed by atoms with Crippen molar-refractivity contribution in [2.45, 2.75) is 13.0 Å². The molecule has 2 aromatic heterocycles. The highest BCUT2D eigenvalue weighted by atomic mass is 32.1. The van der Waals surface area contributed by atoms with Gasteiger partial charge in [-0.25, -0.2) is 4.98 Å². The summed E-state index contributed by atoms with van der Waals surface area (Å²) in [6.45, 7) is 1.85. The first-order valence-corrected chi connectivity index (χ1v) is 6.53. The fourth-order valence-corrected chi connectivity index (χ4v) is 2.48. The number of nitrogens with one attached hydrogen (secondary N) is 1. The Kier molecular flexibility index (Phi) is 3.33. The minimum absolute atomic E-state index is 0.132. The van der Waals surface area contributed by atoms with E-state index in [1.807, 2.05) is 23.8 Å². The predicted octanol–water partition coefficient (Wildman–Crippen LogP) is 2.48. The molecule has 6 heteroatoms. The monoisotopic (exact) mass is 253 g/mol. The molecule has 0 spiro atoms. The second kappa shape index (κ2) is 4.73. The average molecular weight is 253 g/mol. The van der Waals surface area contributed by atoms with Gasteiger partial charge in [0.2, 0.25) is 0 Å². The number of anilines is 1. The molecule has 3 N–H and O–H groups in total. The maximum absolute atomic E-state index is 11.7. The van der Waals surface area contributed by atoms with E-state index in [9.17, 15) is 4.79 Å². The van der Waals surface area contributed by atoms with Crippen molar-refractivity contribution in [1.82, 2.24) is 4.98 Å². The third-order valence-electron chi connectivity index (χ3n) is 1.92. The van der Waals surface area contributed by atoms with Crippen LogP contribution in [-0.4, -0.2) is 10.9 Å². The summed E-state index contributed by atoms with van der Waals surface area (Å²) < 4.78 is 0. The number of carbonyl (C=O) groups is 1. The van der Waals surface area contributed by atoms with Crippen LogP contribution >= 0.6 is 22.7 Å². The van der Waals surface area contributed by atoms with Gasteiger partial charge in [-0.15, -0.1) is 11.3 Å². The highest BCUT2D eigenvalue weighted by Gasteiger charge is 2.12. The fraction of sp³-hybridized carbons (Fsp3) is 0.200. The van der Waals surface area contributed by atoms with E-state index in [-0.39, 0.29) is 11.9 Å². The minimum atomic E-state index is -0.193. The lowest BCUT2D eigenvalue weighted by atomic mass is 10.4. The van der Waals surface area contributed by atoms with Gasteiger partial charge in [0.05, 0.1) is 11.7 Å². The van der Waals surface area contributed by atoms with Crippen LogP contribution < -0.4 is 11.1 Å². The molecule has 1 unspecified atom stereocenters. The van der Waals surface area contributed by atoms with Gasteiger partial charge in [-0.3, -0.25) is 4.79 Å². The summed E-state index contributed by atoms with van der Waals surface area (Å²) in [5, 5.41) is 9.04. The zero-order chi connectivity index (χ0) is 11.5. The number of amides is 1. The maximum Gasteiger partial charge on any atom is 0.275 e. The summed E-state index contributed by atoms with van der Waals surface area (Å²) >= 11 is 2.94. The Morgan fingerprint density at radius 3 is 2.94 bits per heavy atom. The molecule has 2 rings (SSSR count).